The van der Waals surface area contributed by atoms with Crippen LogP contribution >= 0.6 is 0 Å². The van der Waals surface area contributed by atoms with Crippen LogP contribution in [0.15, 0.2) is 60.7 Å². The van der Waals surface area contributed by atoms with Crippen LogP contribution in [0.5, 0.6) is 0 Å². The Hall–Kier alpha value is -1.64. The third-order valence-corrected chi connectivity index (χ3v) is 4.12. The summed E-state index contributed by atoms with van der Waals surface area (Å²) in [7, 11) is 0. The Morgan fingerprint density at radius 2 is 1.60 bits per heavy atom. The maximum atomic E-state index is 10.4. The average molecular weight is 267 g/mol. The third-order valence-electron chi connectivity index (χ3n) is 4.12. The van der Waals surface area contributed by atoms with Crippen molar-refractivity contribution in [3.8, 4) is 0 Å². The molecule has 2 aromatic carbocycles. The lowest BCUT2D eigenvalue weighted by atomic mass is 10.0. The molecule has 0 unspecified atom stereocenters. The molecule has 2 N–H and O–H groups in total. The van der Waals surface area contributed by atoms with E-state index in [1.54, 1.807) is 0 Å². The molecular weight excluding hydrogens is 246 g/mol. The van der Waals surface area contributed by atoms with E-state index in [-0.39, 0.29) is 6.04 Å². The Labute approximate surface area is 120 Å². The fourth-order valence-corrected chi connectivity index (χ4v) is 3.04. The van der Waals surface area contributed by atoms with Crippen molar-refractivity contribution in [1.29, 1.82) is 0 Å². The first kappa shape index (κ1) is 13.3. The highest BCUT2D eigenvalue weighted by Crippen LogP contribution is 2.26. The zero-order valence-corrected chi connectivity index (χ0v) is 11.6. The summed E-state index contributed by atoms with van der Waals surface area (Å²) in [5.74, 6) is 0. The minimum Gasteiger partial charge on any atom is -0.387 e. The predicted octanol–water partition coefficient (Wildman–Crippen LogP) is 3.08. The van der Waals surface area contributed by atoms with Gasteiger partial charge in [0.15, 0.2) is 0 Å². The molecule has 2 aromatic rings. The van der Waals surface area contributed by atoms with Gasteiger partial charge in [0.05, 0.1) is 6.10 Å². The Kier molecular flexibility index (Phi) is 4.14. The molecule has 0 spiro atoms. The minimum atomic E-state index is -0.406. The Morgan fingerprint density at radius 3 is 2.30 bits per heavy atom. The molecule has 1 aliphatic heterocycles. The van der Waals surface area contributed by atoms with Crippen molar-refractivity contribution in [2.45, 2.75) is 37.5 Å². The molecule has 20 heavy (non-hydrogen) atoms. The van der Waals surface area contributed by atoms with Crippen LogP contribution in [-0.4, -0.2) is 17.2 Å². The first-order valence-corrected chi connectivity index (χ1v) is 7.36. The average Bonchev–Trinajstić information content (AvgIpc) is 2.97. The maximum Gasteiger partial charge on any atom is 0.0943 e. The number of hydrogen-bond acceptors (Lipinski definition) is 2. The molecular formula is C18H21NO. The van der Waals surface area contributed by atoms with Crippen molar-refractivity contribution in [3.63, 3.8) is 0 Å². The topological polar surface area (TPSA) is 32.3 Å². The molecule has 0 radical (unpaired) electrons. The second-order valence-corrected chi connectivity index (χ2v) is 5.59. The smallest absolute Gasteiger partial charge is 0.0943 e. The van der Waals surface area contributed by atoms with E-state index < -0.39 is 6.10 Å². The number of rotatable bonds is 4. The van der Waals surface area contributed by atoms with Gasteiger partial charge >= 0.3 is 0 Å². The van der Waals surface area contributed by atoms with E-state index in [0.29, 0.717) is 6.04 Å². The van der Waals surface area contributed by atoms with E-state index in [0.717, 1.165) is 24.8 Å². The fourth-order valence-electron chi connectivity index (χ4n) is 3.04. The zero-order valence-electron chi connectivity index (χ0n) is 11.6. The van der Waals surface area contributed by atoms with E-state index in [4.69, 9.17) is 0 Å². The number of nitrogens with one attached hydrogen (secondary N) is 1. The lowest BCUT2D eigenvalue weighted by molar-refractivity contribution is 0.135. The van der Waals surface area contributed by atoms with Gasteiger partial charge < -0.3 is 10.4 Å². The van der Waals surface area contributed by atoms with Crippen LogP contribution in [0.4, 0.5) is 0 Å². The normalized spacial score (nSPS) is 23.6. The van der Waals surface area contributed by atoms with Crippen molar-refractivity contribution in [2.75, 3.05) is 0 Å². The summed E-state index contributed by atoms with van der Waals surface area (Å²) < 4.78 is 0. The highest BCUT2D eigenvalue weighted by Gasteiger charge is 2.29. The third kappa shape index (κ3) is 3.09. The summed E-state index contributed by atoms with van der Waals surface area (Å²) in [5.41, 5.74) is 2.37. The molecule has 1 saturated heterocycles. The number of aliphatic hydroxyl groups is 1. The van der Waals surface area contributed by atoms with Crippen molar-refractivity contribution in [3.05, 3.63) is 71.8 Å². The maximum absolute atomic E-state index is 10.4. The van der Waals surface area contributed by atoms with Crippen LogP contribution in [-0.2, 0) is 6.42 Å². The van der Waals surface area contributed by atoms with Crippen LogP contribution in [0.1, 0.15) is 30.1 Å². The summed E-state index contributed by atoms with van der Waals surface area (Å²) in [6.45, 7) is 0. The van der Waals surface area contributed by atoms with E-state index >= 15 is 0 Å². The van der Waals surface area contributed by atoms with Crippen LogP contribution in [0, 0.1) is 0 Å². The molecule has 2 heteroatoms. The largest absolute Gasteiger partial charge is 0.387 e. The summed E-state index contributed by atoms with van der Waals surface area (Å²) in [6.07, 6.45) is 2.80. The van der Waals surface area contributed by atoms with Crippen molar-refractivity contribution >= 4 is 0 Å². The van der Waals surface area contributed by atoms with Gasteiger partial charge in [-0.2, -0.15) is 0 Å². The van der Waals surface area contributed by atoms with Gasteiger partial charge in [0.2, 0.25) is 0 Å². The molecule has 0 aliphatic carbocycles. The van der Waals surface area contributed by atoms with Crippen molar-refractivity contribution in [1.82, 2.24) is 5.32 Å². The number of hydrogen-bond donors (Lipinski definition) is 2. The highest BCUT2D eigenvalue weighted by molar-refractivity contribution is 5.20. The van der Waals surface area contributed by atoms with Crippen LogP contribution in [0.2, 0.25) is 0 Å². The van der Waals surface area contributed by atoms with Crippen molar-refractivity contribution in [2.24, 2.45) is 0 Å². The second-order valence-electron chi connectivity index (χ2n) is 5.59. The highest BCUT2D eigenvalue weighted by atomic mass is 16.3. The lowest BCUT2D eigenvalue weighted by Gasteiger charge is -2.20. The molecule has 1 heterocycles. The quantitative estimate of drug-likeness (QED) is 0.892. The summed E-state index contributed by atoms with van der Waals surface area (Å²) in [5, 5.41) is 14.0. The lowest BCUT2D eigenvalue weighted by Crippen LogP contribution is -2.35. The SMILES string of the molecule is O[C@H](c1ccccc1)[C@H]1CC[C@H](Cc2ccccc2)N1. The van der Waals surface area contributed by atoms with Gasteiger partial charge in [-0.3, -0.25) is 0 Å². The van der Waals surface area contributed by atoms with Gasteiger partial charge in [0.1, 0.15) is 0 Å². The fraction of sp³-hybridized carbons (Fsp3) is 0.333. The molecule has 3 atom stereocenters. The molecule has 0 saturated carbocycles. The number of aliphatic hydroxyl groups excluding tert-OH is 1. The summed E-state index contributed by atoms with van der Waals surface area (Å²) >= 11 is 0. The molecule has 104 valence electrons. The summed E-state index contributed by atoms with van der Waals surface area (Å²) in [4.78, 5) is 0. The molecule has 3 rings (SSSR count). The van der Waals surface area contributed by atoms with E-state index in [1.165, 1.54) is 5.56 Å². The van der Waals surface area contributed by atoms with E-state index in [2.05, 4.69) is 29.6 Å². The van der Waals surface area contributed by atoms with Gasteiger partial charge in [-0.1, -0.05) is 60.7 Å². The first-order chi connectivity index (χ1) is 9.83. The second kappa shape index (κ2) is 6.21. The van der Waals surface area contributed by atoms with Gasteiger partial charge in [0.25, 0.3) is 0 Å². The molecule has 2 nitrogen and oxygen atoms in total. The minimum absolute atomic E-state index is 0.172. The monoisotopic (exact) mass is 267 g/mol. The van der Waals surface area contributed by atoms with Crippen molar-refractivity contribution < 1.29 is 5.11 Å². The van der Waals surface area contributed by atoms with Gasteiger partial charge in [-0.15, -0.1) is 0 Å². The number of benzene rings is 2. The van der Waals surface area contributed by atoms with Gasteiger partial charge in [-0.05, 0) is 30.4 Å². The first-order valence-electron chi connectivity index (χ1n) is 7.36. The Balaban J connectivity index is 1.59. The van der Waals surface area contributed by atoms with Gasteiger partial charge in [0, 0.05) is 12.1 Å². The van der Waals surface area contributed by atoms with E-state index in [1.807, 2.05) is 36.4 Å². The van der Waals surface area contributed by atoms with Crippen LogP contribution < -0.4 is 5.32 Å². The molecule has 0 amide bonds. The zero-order chi connectivity index (χ0) is 13.8. The Bertz CT molecular complexity index is 526. The van der Waals surface area contributed by atoms with E-state index in [9.17, 15) is 5.11 Å². The molecule has 1 aliphatic rings. The predicted molar refractivity (Wildman–Crippen MR) is 81.5 cm³/mol. The molecule has 0 bridgehead atoms. The Morgan fingerprint density at radius 1 is 0.950 bits per heavy atom. The summed E-state index contributed by atoms with van der Waals surface area (Å²) in [6, 6.07) is 21.1. The van der Waals surface area contributed by atoms with Crippen LogP contribution in [0.25, 0.3) is 0 Å². The molecule has 1 fully saturated rings. The molecule has 0 aromatic heterocycles. The van der Waals surface area contributed by atoms with Gasteiger partial charge in [-0.25, -0.2) is 0 Å². The standard InChI is InChI=1S/C18H21NO/c20-18(15-9-5-2-6-10-15)17-12-11-16(19-17)13-14-7-3-1-4-8-14/h1-10,16-20H,11-13H2/t16-,17-,18-/m1/s1. The van der Waals surface area contributed by atoms with Crippen LogP contribution in [0.3, 0.4) is 0 Å².